The molecule has 6 fully saturated rings. The van der Waals surface area contributed by atoms with Crippen molar-refractivity contribution in [2.24, 2.45) is 21.7 Å². The van der Waals surface area contributed by atoms with E-state index in [4.69, 9.17) is 28.4 Å². The molecule has 0 unspecified atom stereocenters. The van der Waals surface area contributed by atoms with Gasteiger partial charge in [-0.15, -0.1) is 0 Å². The predicted molar refractivity (Wildman–Crippen MR) is 180 cm³/mol. The van der Waals surface area contributed by atoms with Crippen LogP contribution >= 0.6 is 0 Å². The molecule has 10 heteroatoms. The van der Waals surface area contributed by atoms with Crippen LogP contribution in [0.25, 0.3) is 0 Å². The first-order valence-electron chi connectivity index (χ1n) is 17.8. The fourth-order valence-electron chi connectivity index (χ4n) is 12.8. The molecule has 2 aliphatic carbocycles. The third kappa shape index (κ3) is 2.92. The van der Waals surface area contributed by atoms with Crippen LogP contribution < -0.4 is 0 Å². The van der Waals surface area contributed by atoms with Crippen LogP contribution in [0.2, 0.25) is 0 Å². The van der Waals surface area contributed by atoms with E-state index in [1.165, 1.54) is 0 Å². The quantitative estimate of drug-likeness (QED) is 0.233. The maximum Gasteiger partial charge on any atom is 0.318 e. The van der Waals surface area contributed by atoms with Gasteiger partial charge in [0.05, 0.1) is 26.4 Å². The maximum atomic E-state index is 15.2. The zero-order valence-electron chi connectivity index (χ0n) is 30.7. The summed E-state index contributed by atoms with van der Waals surface area (Å²) >= 11 is 0. The van der Waals surface area contributed by atoms with Crippen molar-refractivity contribution in [3.05, 3.63) is 70.8 Å². The van der Waals surface area contributed by atoms with Crippen LogP contribution in [0, 0.1) is 35.5 Å². The van der Waals surface area contributed by atoms with Crippen LogP contribution in [-0.2, 0) is 47.6 Å². The number of rotatable bonds is 10. The molecule has 10 nitrogen and oxygen atoms in total. The third-order valence-electron chi connectivity index (χ3n) is 13.8. The normalized spacial score (nSPS) is 42.5. The smallest absolute Gasteiger partial charge is 0.318 e. The molecule has 2 saturated carbocycles. The number of aryl methyl sites for hydroxylation is 2. The Labute approximate surface area is 293 Å². The molecule has 8 bridgehead atoms. The first-order chi connectivity index (χ1) is 23.6. The minimum Gasteiger partial charge on any atom is -0.465 e. The van der Waals surface area contributed by atoms with Crippen LogP contribution in [-0.4, -0.2) is 72.7 Å². The first-order valence-corrected chi connectivity index (χ1v) is 17.8. The Hall–Kier alpha value is -3.76. The van der Waals surface area contributed by atoms with Gasteiger partial charge in [0, 0.05) is 11.8 Å². The molecular formula is C40H48O10. The molecule has 268 valence electrons. The Bertz CT molecular complexity index is 1560. The van der Waals surface area contributed by atoms with Crippen molar-refractivity contribution in [2.75, 3.05) is 26.4 Å². The molecule has 2 aromatic carbocycles. The van der Waals surface area contributed by atoms with E-state index in [2.05, 4.69) is 0 Å². The van der Waals surface area contributed by atoms with Crippen LogP contribution in [0.1, 0.15) is 89.5 Å². The summed E-state index contributed by atoms with van der Waals surface area (Å²) in [5.41, 5.74) is -10.9. The van der Waals surface area contributed by atoms with E-state index in [-0.39, 0.29) is 26.4 Å². The number of esters is 4. The van der Waals surface area contributed by atoms with Crippen molar-refractivity contribution in [3.8, 4) is 0 Å². The van der Waals surface area contributed by atoms with Gasteiger partial charge in [-0.3, -0.25) is 19.2 Å². The van der Waals surface area contributed by atoms with Crippen LogP contribution in [0.5, 0.6) is 0 Å². The van der Waals surface area contributed by atoms with Crippen molar-refractivity contribution in [1.82, 2.24) is 0 Å². The van der Waals surface area contributed by atoms with E-state index < -0.39 is 79.8 Å². The highest BCUT2D eigenvalue weighted by Crippen LogP contribution is 3.02. The minimum atomic E-state index is -1.80. The van der Waals surface area contributed by atoms with Gasteiger partial charge in [0.1, 0.15) is 44.1 Å². The molecule has 0 atom stereocenters. The summed E-state index contributed by atoms with van der Waals surface area (Å²) in [5.74, 6) is -4.71. The topological polar surface area (TPSA) is 124 Å². The van der Waals surface area contributed by atoms with E-state index in [1.54, 1.807) is 55.4 Å². The number of benzene rings is 2. The third-order valence-corrected chi connectivity index (χ3v) is 13.8. The zero-order chi connectivity index (χ0) is 36.5. The lowest BCUT2D eigenvalue weighted by Crippen LogP contribution is -3.14. The second kappa shape index (κ2) is 10.4. The van der Waals surface area contributed by atoms with Crippen LogP contribution in [0.15, 0.2) is 48.5 Å². The van der Waals surface area contributed by atoms with E-state index in [9.17, 15) is 0 Å². The molecule has 50 heavy (non-hydrogen) atoms. The zero-order valence-corrected chi connectivity index (χ0v) is 30.7. The molecule has 0 aromatic heterocycles. The van der Waals surface area contributed by atoms with Gasteiger partial charge >= 0.3 is 23.9 Å². The summed E-state index contributed by atoms with van der Waals surface area (Å²) in [6.07, 6.45) is 0. The molecule has 0 spiro atoms. The van der Waals surface area contributed by atoms with Gasteiger partial charge < -0.3 is 28.4 Å². The summed E-state index contributed by atoms with van der Waals surface area (Å²) in [4.78, 5) is 60.8. The highest BCUT2D eigenvalue weighted by Gasteiger charge is 3.16. The van der Waals surface area contributed by atoms with Crippen molar-refractivity contribution in [2.45, 2.75) is 103 Å². The summed E-state index contributed by atoms with van der Waals surface area (Å²) in [5, 5.41) is 0. The average Bonchev–Trinajstić information content (AvgIpc) is 3.04. The molecule has 6 aliphatic rings. The van der Waals surface area contributed by atoms with E-state index in [1.807, 2.05) is 62.4 Å². The maximum absolute atomic E-state index is 15.2. The van der Waals surface area contributed by atoms with E-state index in [0.717, 1.165) is 11.1 Å². The summed E-state index contributed by atoms with van der Waals surface area (Å²) in [6, 6.07) is 15.3. The lowest BCUT2D eigenvalue weighted by Gasteiger charge is -2.99. The Morgan fingerprint density at radius 2 is 0.700 bits per heavy atom. The van der Waals surface area contributed by atoms with Crippen molar-refractivity contribution < 1.29 is 47.6 Å². The Balaban J connectivity index is 1.74. The summed E-state index contributed by atoms with van der Waals surface area (Å²) in [7, 11) is 0. The summed E-state index contributed by atoms with van der Waals surface area (Å²) < 4.78 is 38.8. The van der Waals surface area contributed by atoms with Crippen molar-refractivity contribution in [3.63, 3.8) is 0 Å². The highest BCUT2D eigenvalue weighted by molar-refractivity contribution is 6.05. The van der Waals surface area contributed by atoms with Gasteiger partial charge in [-0.1, -0.05) is 59.7 Å². The molecule has 0 amide bonds. The fourth-order valence-corrected chi connectivity index (χ4v) is 12.8. The average molecular weight is 689 g/mol. The monoisotopic (exact) mass is 688 g/mol. The SMILES string of the molecule is CCOC(=O)C12C(c3ccc(C)cc3)C3(C(=O)OCC)C4(C)OC1(C)C1(C(=O)OCC)C(c5ccc(C)cc5)C4(C(=O)OCC)C3(C)OC21C. The Morgan fingerprint density at radius 3 is 0.900 bits per heavy atom. The van der Waals surface area contributed by atoms with Gasteiger partial charge in [-0.25, -0.2) is 0 Å². The number of hydrogen-bond acceptors (Lipinski definition) is 10. The van der Waals surface area contributed by atoms with Crippen molar-refractivity contribution >= 4 is 23.9 Å². The minimum absolute atomic E-state index is 0.0227. The second-order valence-corrected chi connectivity index (χ2v) is 15.1. The molecule has 4 saturated heterocycles. The van der Waals surface area contributed by atoms with Crippen molar-refractivity contribution in [1.29, 1.82) is 0 Å². The molecule has 0 radical (unpaired) electrons. The Kier molecular flexibility index (Phi) is 7.22. The number of carbonyl (C=O) groups excluding carboxylic acids is 4. The molecule has 2 aromatic rings. The lowest BCUT2D eigenvalue weighted by atomic mass is 9.09. The van der Waals surface area contributed by atoms with Crippen LogP contribution in [0.3, 0.4) is 0 Å². The number of ether oxygens (including phenoxy) is 6. The number of hydrogen-bond donors (Lipinski definition) is 0. The molecule has 0 N–H and O–H groups in total. The lowest BCUT2D eigenvalue weighted by molar-refractivity contribution is -0.625. The first kappa shape index (κ1) is 34.7. The van der Waals surface area contributed by atoms with E-state index >= 15 is 19.2 Å². The van der Waals surface area contributed by atoms with Gasteiger partial charge in [0.2, 0.25) is 0 Å². The van der Waals surface area contributed by atoms with Gasteiger partial charge in [0.25, 0.3) is 0 Å². The second-order valence-electron chi connectivity index (χ2n) is 15.1. The number of carbonyl (C=O) groups is 4. The standard InChI is InChI=1S/C40H48O10/c1-11-45-29(41)37-27(25-19-15-23(5)16-20-25)38(30(42)46-12-2)35(9)40(32(44)48-14-4)28(26-21-17-24(6)18-22-26)39(31(43)47-13-3,33(37,7)49-35)34(37,8)50-36(38,40)10/h15-22,27-28H,11-14H2,1-10H3. The largest absolute Gasteiger partial charge is 0.465 e. The van der Waals surface area contributed by atoms with Gasteiger partial charge in [-0.05, 0) is 80.4 Å². The van der Waals surface area contributed by atoms with Crippen LogP contribution in [0.4, 0.5) is 0 Å². The highest BCUT2D eigenvalue weighted by atomic mass is 16.6. The van der Waals surface area contributed by atoms with E-state index in [0.29, 0.717) is 11.1 Å². The Morgan fingerprint density at radius 1 is 0.480 bits per heavy atom. The van der Waals surface area contributed by atoms with Gasteiger partial charge in [0.15, 0.2) is 0 Å². The summed E-state index contributed by atoms with van der Waals surface area (Å²) in [6.45, 7) is 17.8. The molecule has 8 rings (SSSR count). The predicted octanol–water partition coefficient (Wildman–Crippen LogP) is 5.50. The molecular weight excluding hydrogens is 640 g/mol. The molecule has 4 aliphatic heterocycles. The fraction of sp³-hybridized carbons (Fsp3) is 0.600. The van der Waals surface area contributed by atoms with Gasteiger partial charge in [-0.2, -0.15) is 0 Å². The molecule has 4 heterocycles.